The molecule has 0 aliphatic heterocycles. The SMILES string of the molecule is COC(=O)c1cccc(C(O)c2c(C3CCCCC3)nn3cc(C)ccc23)n1. The molecule has 1 atom stereocenters. The van der Waals surface area contributed by atoms with Crippen molar-refractivity contribution in [2.75, 3.05) is 7.11 Å². The number of pyridine rings is 2. The van der Waals surface area contributed by atoms with Crippen LogP contribution in [0.25, 0.3) is 5.52 Å². The first-order chi connectivity index (χ1) is 13.6. The Morgan fingerprint density at radius 3 is 2.75 bits per heavy atom. The molecule has 1 aliphatic rings. The third kappa shape index (κ3) is 3.40. The van der Waals surface area contributed by atoms with Crippen LogP contribution in [0.3, 0.4) is 0 Å². The molecular formula is C22H25N3O3. The summed E-state index contributed by atoms with van der Waals surface area (Å²) in [6, 6.07) is 9.06. The fraction of sp³-hybridized carbons (Fsp3) is 0.409. The third-order valence-corrected chi connectivity index (χ3v) is 5.55. The van der Waals surface area contributed by atoms with Crippen LogP contribution in [0.5, 0.6) is 0 Å². The van der Waals surface area contributed by atoms with Crippen LogP contribution in [0.15, 0.2) is 36.5 Å². The number of rotatable bonds is 4. The minimum Gasteiger partial charge on any atom is -0.464 e. The van der Waals surface area contributed by atoms with Crippen LogP contribution in [-0.2, 0) is 4.74 Å². The summed E-state index contributed by atoms with van der Waals surface area (Å²) in [4.78, 5) is 16.2. The van der Waals surface area contributed by atoms with Crippen molar-refractivity contribution in [1.82, 2.24) is 14.6 Å². The number of fused-ring (bicyclic) bond motifs is 1. The first kappa shape index (κ1) is 18.6. The molecule has 3 aromatic rings. The van der Waals surface area contributed by atoms with Gasteiger partial charge in [0, 0.05) is 17.7 Å². The summed E-state index contributed by atoms with van der Waals surface area (Å²) in [6.07, 6.45) is 6.81. The highest BCUT2D eigenvalue weighted by molar-refractivity contribution is 5.87. The number of aryl methyl sites for hydroxylation is 1. The lowest BCUT2D eigenvalue weighted by Gasteiger charge is -2.22. The van der Waals surface area contributed by atoms with E-state index in [1.165, 1.54) is 26.4 Å². The highest BCUT2D eigenvalue weighted by Gasteiger charge is 2.29. The molecule has 3 heterocycles. The number of aliphatic hydroxyl groups excluding tert-OH is 1. The maximum atomic E-state index is 11.9. The average Bonchev–Trinajstić information content (AvgIpc) is 3.11. The van der Waals surface area contributed by atoms with Gasteiger partial charge >= 0.3 is 5.97 Å². The molecule has 6 nitrogen and oxygen atoms in total. The van der Waals surface area contributed by atoms with Crippen LogP contribution in [0, 0.1) is 6.92 Å². The van der Waals surface area contributed by atoms with Gasteiger partial charge in [-0.1, -0.05) is 31.4 Å². The first-order valence-corrected chi connectivity index (χ1v) is 9.80. The van der Waals surface area contributed by atoms with Crippen LogP contribution in [-0.4, -0.2) is 32.8 Å². The summed E-state index contributed by atoms with van der Waals surface area (Å²) in [7, 11) is 1.32. The van der Waals surface area contributed by atoms with Gasteiger partial charge in [0.15, 0.2) is 0 Å². The minimum atomic E-state index is -0.957. The Labute approximate surface area is 164 Å². The van der Waals surface area contributed by atoms with Crippen LogP contribution >= 0.6 is 0 Å². The summed E-state index contributed by atoms with van der Waals surface area (Å²) in [5.74, 6) is -0.181. The van der Waals surface area contributed by atoms with Crippen molar-refractivity contribution < 1.29 is 14.6 Å². The predicted molar refractivity (Wildman–Crippen MR) is 105 cm³/mol. The Morgan fingerprint density at radius 2 is 2.00 bits per heavy atom. The van der Waals surface area contributed by atoms with Crippen molar-refractivity contribution in [2.45, 2.75) is 51.0 Å². The zero-order chi connectivity index (χ0) is 19.7. The Morgan fingerprint density at radius 1 is 1.21 bits per heavy atom. The molecule has 4 rings (SSSR count). The van der Waals surface area contributed by atoms with Crippen LogP contribution in [0.1, 0.15) is 77.1 Å². The van der Waals surface area contributed by atoms with Crippen LogP contribution in [0.2, 0.25) is 0 Å². The van der Waals surface area contributed by atoms with Gasteiger partial charge in [-0.25, -0.2) is 14.3 Å². The second-order valence-corrected chi connectivity index (χ2v) is 7.51. The van der Waals surface area contributed by atoms with Crippen LogP contribution < -0.4 is 0 Å². The number of aromatic nitrogens is 3. The average molecular weight is 379 g/mol. The number of nitrogens with zero attached hydrogens (tertiary/aromatic N) is 3. The molecule has 0 saturated heterocycles. The van der Waals surface area contributed by atoms with E-state index in [0.717, 1.165) is 35.2 Å². The van der Waals surface area contributed by atoms with E-state index in [9.17, 15) is 9.90 Å². The molecule has 1 fully saturated rings. The molecule has 0 spiro atoms. The largest absolute Gasteiger partial charge is 0.464 e. The van der Waals surface area contributed by atoms with E-state index in [2.05, 4.69) is 4.98 Å². The van der Waals surface area contributed by atoms with Crippen molar-refractivity contribution in [2.24, 2.45) is 0 Å². The number of carbonyl (C=O) groups excluding carboxylic acids is 1. The number of aliphatic hydroxyl groups is 1. The van der Waals surface area contributed by atoms with Crippen molar-refractivity contribution in [1.29, 1.82) is 0 Å². The Balaban J connectivity index is 1.83. The van der Waals surface area contributed by atoms with E-state index >= 15 is 0 Å². The van der Waals surface area contributed by atoms with E-state index in [0.29, 0.717) is 11.6 Å². The number of ether oxygens (including phenoxy) is 1. The van der Waals surface area contributed by atoms with Gasteiger partial charge in [-0.15, -0.1) is 0 Å². The number of hydrogen-bond acceptors (Lipinski definition) is 5. The van der Waals surface area contributed by atoms with Gasteiger partial charge in [0.25, 0.3) is 0 Å². The summed E-state index contributed by atoms with van der Waals surface area (Å²) in [5, 5.41) is 16.1. The Bertz CT molecular complexity index is 1010. The van der Waals surface area contributed by atoms with Gasteiger partial charge in [0.2, 0.25) is 0 Å². The summed E-state index contributed by atoms with van der Waals surface area (Å²) in [6.45, 7) is 2.03. The lowest BCUT2D eigenvalue weighted by atomic mass is 9.84. The van der Waals surface area contributed by atoms with Gasteiger partial charge in [0.1, 0.15) is 11.8 Å². The minimum absolute atomic E-state index is 0.186. The molecule has 1 saturated carbocycles. The lowest BCUT2D eigenvalue weighted by molar-refractivity contribution is 0.0593. The fourth-order valence-corrected chi connectivity index (χ4v) is 4.12. The molecule has 146 valence electrons. The van der Waals surface area contributed by atoms with E-state index < -0.39 is 12.1 Å². The monoisotopic (exact) mass is 379 g/mol. The van der Waals surface area contributed by atoms with Crippen LogP contribution in [0.4, 0.5) is 0 Å². The van der Waals surface area contributed by atoms with Gasteiger partial charge < -0.3 is 9.84 Å². The van der Waals surface area contributed by atoms with E-state index in [-0.39, 0.29) is 5.69 Å². The highest BCUT2D eigenvalue weighted by Crippen LogP contribution is 2.38. The Kier molecular flexibility index (Phi) is 5.13. The molecule has 1 N–H and O–H groups in total. The number of hydrogen-bond donors (Lipinski definition) is 1. The van der Waals surface area contributed by atoms with Gasteiger partial charge in [-0.05, 0) is 43.5 Å². The maximum absolute atomic E-state index is 11.9. The number of methoxy groups -OCH3 is 1. The molecule has 1 unspecified atom stereocenters. The zero-order valence-corrected chi connectivity index (χ0v) is 16.3. The third-order valence-electron chi connectivity index (χ3n) is 5.55. The maximum Gasteiger partial charge on any atom is 0.356 e. The van der Waals surface area contributed by atoms with Crippen molar-refractivity contribution in [3.63, 3.8) is 0 Å². The summed E-state index contributed by atoms with van der Waals surface area (Å²) >= 11 is 0. The van der Waals surface area contributed by atoms with Gasteiger partial charge in [-0.2, -0.15) is 5.10 Å². The molecule has 0 bridgehead atoms. The zero-order valence-electron chi connectivity index (χ0n) is 16.3. The number of carbonyl (C=O) groups is 1. The predicted octanol–water partition coefficient (Wildman–Crippen LogP) is 3.95. The molecule has 6 heteroatoms. The van der Waals surface area contributed by atoms with Crippen molar-refractivity contribution >= 4 is 11.5 Å². The van der Waals surface area contributed by atoms with Crippen molar-refractivity contribution in [3.05, 3.63) is 64.7 Å². The topological polar surface area (TPSA) is 76.7 Å². The Hall–Kier alpha value is -2.73. The highest BCUT2D eigenvalue weighted by atomic mass is 16.5. The first-order valence-electron chi connectivity index (χ1n) is 9.80. The summed E-state index contributed by atoms with van der Waals surface area (Å²) < 4.78 is 6.63. The number of esters is 1. The molecule has 0 aromatic carbocycles. The normalized spacial score (nSPS) is 16.2. The standard InChI is InChI=1S/C22H25N3O3/c1-14-11-12-18-19(20(24-25(18)13-14)15-7-4-3-5-8-15)21(26)16-9-6-10-17(23-16)22(27)28-2/h6,9-13,15,21,26H,3-5,7-8H2,1-2H3. The molecular weight excluding hydrogens is 354 g/mol. The second-order valence-electron chi connectivity index (χ2n) is 7.51. The molecule has 28 heavy (non-hydrogen) atoms. The van der Waals surface area contributed by atoms with Gasteiger partial charge in [0.05, 0.1) is 24.0 Å². The molecule has 1 aliphatic carbocycles. The summed E-state index contributed by atoms with van der Waals surface area (Å²) in [5.41, 5.74) is 4.34. The molecule has 0 amide bonds. The van der Waals surface area contributed by atoms with Gasteiger partial charge in [-0.3, -0.25) is 0 Å². The molecule has 0 radical (unpaired) electrons. The fourth-order valence-electron chi connectivity index (χ4n) is 4.12. The lowest BCUT2D eigenvalue weighted by Crippen LogP contribution is -2.12. The van der Waals surface area contributed by atoms with Crippen molar-refractivity contribution in [3.8, 4) is 0 Å². The molecule has 3 aromatic heterocycles. The second kappa shape index (κ2) is 7.72. The quantitative estimate of drug-likeness (QED) is 0.695. The smallest absolute Gasteiger partial charge is 0.356 e. The van der Waals surface area contributed by atoms with E-state index in [1.54, 1.807) is 18.2 Å². The van der Waals surface area contributed by atoms with E-state index in [1.807, 2.05) is 29.8 Å². The van der Waals surface area contributed by atoms with E-state index in [4.69, 9.17) is 9.84 Å².